The van der Waals surface area contributed by atoms with Gasteiger partial charge in [-0.1, -0.05) is 199 Å². The van der Waals surface area contributed by atoms with Gasteiger partial charge in [0, 0.05) is 6.42 Å². The predicted molar refractivity (Wildman–Crippen MR) is 188 cm³/mol. The van der Waals surface area contributed by atoms with Crippen molar-refractivity contribution in [2.75, 3.05) is 6.61 Å². The Morgan fingerprint density at radius 1 is 0.381 bits per heavy atom. The molecule has 0 radical (unpaired) electrons. The van der Waals surface area contributed by atoms with E-state index in [1.165, 1.54) is 199 Å². The highest BCUT2D eigenvalue weighted by Gasteiger charge is 2.02. The van der Waals surface area contributed by atoms with Crippen LogP contribution in [-0.2, 0) is 9.53 Å². The van der Waals surface area contributed by atoms with E-state index in [1.54, 1.807) is 0 Å². The molecule has 0 heterocycles. The van der Waals surface area contributed by atoms with Crippen LogP contribution in [0.5, 0.6) is 0 Å². The van der Waals surface area contributed by atoms with Crippen molar-refractivity contribution >= 4 is 5.97 Å². The number of hydrogen-bond acceptors (Lipinski definition) is 2. The van der Waals surface area contributed by atoms with Gasteiger partial charge in [-0.15, -0.1) is 0 Å². The second kappa shape index (κ2) is 38.2. The first-order valence-corrected chi connectivity index (χ1v) is 19.6. The first-order chi connectivity index (χ1) is 20.8. The van der Waals surface area contributed by atoms with Gasteiger partial charge in [0.2, 0.25) is 0 Å². The lowest BCUT2D eigenvalue weighted by Crippen LogP contribution is -2.05. The smallest absolute Gasteiger partial charge is 0.305 e. The van der Waals surface area contributed by atoms with E-state index in [9.17, 15) is 4.79 Å². The molecule has 0 saturated carbocycles. The first-order valence-electron chi connectivity index (χ1n) is 19.6. The van der Waals surface area contributed by atoms with Crippen molar-refractivity contribution in [1.29, 1.82) is 0 Å². The van der Waals surface area contributed by atoms with Crippen LogP contribution >= 0.6 is 0 Å². The van der Waals surface area contributed by atoms with E-state index in [4.69, 9.17) is 4.74 Å². The summed E-state index contributed by atoms with van der Waals surface area (Å²) >= 11 is 0. The van der Waals surface area contributed by atoms with Crippen LogP contribution in [0.25, 0.3) is 0 Å². The summed E-state index contributed by atoms with van der Waals surface area (Å²) in [6.45, 7) is 5.20. The number of allylic oxidation sites excluding steroid dienone is 2. The van der Waals surface area contributed by atoms with Crippen molar-refractivity contribution < 1.29 is 9.53 Å². The highest BCUT2D eigenvalue weighted by Crippen LogP contribution is 2.15. The Morgan fingerprint density at radius 2 is 0.667 bits per heavy atom. The van der Waals surface area contributed by atoms with E-state index >= 15 is 0 Å². The number of unbranched alkanes of at least 4 members (excludes halogenated alkanes) is 30. The summed E-state index contributed by atoms with van der Waals surface area (Å²) in [6, 6.07) is 0. The SMILES string of the molecule is CCCCCCCCCCCCCCCCC/C=C\CCCCCCCCC(=O)OCCCCCCCCCCCC. The van der Waals surface area contributed by atoms with E-state index in [-0.39, 0.29) is 5.97 Å². The minimum Gasteiger partial charge on any atom is -0.466 e. The van der Waals surface area contributed by atoms with Gasteiger partial charge in [0.1, 0.15) is 0 Å². The minimum atomic E-state index is 0.0187. The predicted octanol–water partition coefficient (Wildman–Crippen LogP) is 14.4. The molecule has 0 fully saturated rings. The molecule has 0 atom stereocenters. The van der Waals surface area contributed by atoms with Crippen LogP contribution in [0.4, 0.5) is 0 Å². The number of hydrogen-bond donors (Lipinski definition) is 0. The molecule has 42 heavy (non-hydrogen) atoms. The zero-order valence-electron chi connectivity index (χ0n) is 29.2. The van der Waals surface area contributed by atoms with E-state index in [2.05, 4.69) is 26.0 Å². The maximum absolute atomic E-state index is 11.9. The molecular formula is C40H78O2. The van der Waals surface area contributed by atoms with Crippen LogP contribution in [0.3, 0.4) is 0 Å². The number of ether oxygens (including phenoxy) is 1. The lowest BCUT2D eigenvalue weighted by molar-refractivity contribution is -0.143. The van der Waals surface area contributed by atoms with Crippen molar-refractivity contribution in [3.05, 3.63) is 12.2 Å². The quantitative estimate of drug-likeness (QED) is 0.0412. The van der Waals surface area contributed by atoms with Crippen molar-refractivity contribution in [2.45, 2.75) is 232 Å². The fraction of sp³-hybridized carbons (Fsp3) is 0.925. The van der Waals surface area contributed by atoms with Gasteiger partial charge in [-0.2, -0.15) is 0 Å². The first kappa shape index (κ1) is 41.2. The summed E-state index contributed by atoms with van der Waals surface area (Å²) in [5.74, 6) is 0.0187. The molecule has 0 amide bonds. The van der Waals surface area contributed by atoms with Gasteiger partial charge >= 0.3 is 5.97 Å². The highest BCUT2D eigenvalue weighted by atomic mass is 16.5. The molecule has 0 aliphatic rings. The van der Waals surface area contributed by atoms with E-state index < -0.39 is 0 Å². The summed E-state index contributed by atoms with van der Waals surface area (Å²) in [7, 11) is 0. The Bertz CT molecular complexity index is 526. The Kier molecular flexibility index (Phi) is 37.5. The Labute approximate surface area is 266 Å². The molecule has 0 aliphatic carbocycles. The van der Waals surface area contributed by atoms with E-state index in [0.717, 1.165) is 12.8 Å². The normalized spacial score (nSPS) is 11.6. The Balaban J connectivity index is 3.18. The molecule has 250 valence electrons. The largest absolute Gasteiger partial charge is 0.466 e. The van der Waals surface area contributed by atoms with Gasteiger partial charge in [-0.3, -0.25) is 4.79 Å². The summed E-state index contributed by atoms with van der Waals surface area (Å²) in [5, 5.41) is 0. The van der Waals surface area contributed by atoms with Gasteiger partial charge in [0.15, 0.2) is 0 Å². The fourth-order valence-corrected chi connectivity index (χ4v) is 5.96. The molecule has 0 aromatic heterocycles. The van der Waals surface area contributed by atoms with Crippen molar-refractivity contribution in [3.8, 4) is 0 Å². The van der Waals surface area contributed by atoms with Crippen LogP contribution in [0.15, 0.2) is 12.2 Å². The van der Waals surface area contributed by atoms with Crippen LogP contribution < -0.4 is 0 Å². The molecule has 0 bridgehead atoms. The summed E-state index contributed by atoms with van der Waals surface area (Å²) in [6.07, 6.45) is 50.1. The van der Waals surface area contributed by atoms with Crippen LogP contribution in [0.1, 0.15) is 232 Å². The van der Waals surface area contributed by atoms with Gasteiger partial charge in [-0.05, 0) is 38.5 Å². The number of rotatable bonds is 36. The zero-order valence-corrected chi connectivity index (χ0v) is 29.2. The van der Waals surface area contributed by atoms with E-state index in [0.29, 0.717) is 13.0 Å². The average Bonchev–Trinajstić information content (AvgIpc) is 3.00. The molecule has 0 unspecified atom stereocenters. The van der Waals surface area contributed by atoms with E-state index in [1.807, 2.05) is 0 Å². The van der Waals surface area contributed by atoms with Gasteiger partial charge in [0.25, 0.3) is 0 Å². The molecule has 0 aliphatic heterocycles. The van der Waals surface area contributed by atoms with Crippen molar-refractivity contribution in [1.82, 2.24) is 0 Å². The standard InChI is InChI=1S/C40H78O2/c1-3-5-7-9-11-13-15-16-17-18-19-20-21-22-23-24-25-26-27-28-29-30-32-34-36-38-40(41)42-39-37-35-33-31-14-12-10-8-6-4-2/h25-26H,3-24,27-39H2,1-2H3/b26-25-. The lowest BCUT2D eigenvalue weighted by Gasteiger charge is -2.05. The van der Waals surface area contributed by atoms with Crippen molar-refractivity contribution in [3.63, 3.8) is 0 Å². The summed E-state index contributed by atoms with van der Waals surface area (Å²) in [4.78, 5) is 11.9. The lowest BCUT2D eigenvalue weighted by atomic mass is 10.0. The Morgan fingerprint density at radius 3 is 1.02 bits per heavy atom. The number of carbonyl (C=O) groups is 1. The molecule has 0 spiro atoms. The topological polar surface area (TPSA) is 26.3 Å². The highest BCUT2D eigenvalue weighted by molar-refractivity contribution is 5.69. The number of esters is 1. The summed E-state index contributed by atoms with van der Waals surface area (Å²) in [5.41, 5.74) is 0. The zero-order chi connectivity index (χ0) is 30.4. The number of carbonyl (C=O) groups excluding carboxylic acids is 1. The molecule has 0 aromatic rings. The maximum atomic E-state index is 11.9. The van der Waals surface area contributed by atoms with Crippen LogP contribution in [0.2, 0.25) is 0 Å². The third-order valence-electron chi connectivity index (χ3n) is 8.90. The van der Waals surface area contributed by atoms with Crippen molar-refractivity contribution in [2.24, 2.45) is 0 Å². The molecule has 2 nitrogen and oxygen atoms in total. The third-order valence-corrected chi connectivity index (χ3v) is 8.90. The van der Waals surface area contributed by atoms with Gasteiger partial charge in [-0.25, -0.2) is 0 Å². The second-order valence-corrected chi connectivity index (χ2v) is 13.3. The molecule has 0 rings (SSSR count). The molecule has 0 saturated heterocycles. The fourth-order valence-electron chi connectivity index (χ4n) is 5.96. The Hall–Kier alpha value is -0.790. The van der Waals surface area contributed by atoms with Crippen LogP contribution in [0, 0.1) is 0 Å². The minimum absolute atomic E-state index is 0.0187. The van der Waals surface area contributed by atoms with Crippen LogP contribution in [-0.4, -0.2) is 12.6 Å². The average molecular weight is 591 g/mol. The molecule has 0 aromatic carbocycles. The monoisotopic (exact) mass is 591 g/mol. The molecule has 0 N–H and O–H groups in total. The third kappa shape index (κ3) is 37.2. The second-order valence-electron chi connectivity index (χ2n) is 13.3. The summed E-state index contributed by atoms with van der Waals surface area (Å²) < 4.78 is 5.42. The molecule has 2 heteroatoms. The maximum Gasteiger partial charge on any atom is 0.305 e. The van der Waals surface area contributed by atoms with Gasteiger partial charge in [0.05, 0.1) is 6.61 Å². The van der Waals surface area contributed by atoms with Gasteiger partial charge < -0.3 is 4.74 Å². The molecular weight excluding hydrogens is 512 g/mol.